The van der Waals surface area contributed by atoms with Crippen LogP contribution in [0.5, 0.6) is 0 Å². The van der Waals surface area contributed by atoms with Crippen molar-refractivity contribution in [2.45, 2.75) is 19.8 Å². The maximum Gasteiger partial charge on any atom is 0.264 e. The number of nitrogens with one attached hydrogen (secondary N) is 2. The van der Waals surface area contributed by atoms with Crippen LogP contribution in [0.25, 0.3) is 0 Å². The molecule has 90 valence electrons. The van der Waals surface area contributed by atoms with Crippen LogP contribution in [0.15, 0.2) is 12.4 Å². The molecule has 1 amide bonds. The second-order valence-electron chi connectivity index (χ2n) is 3.44. The monoisotopic (exact) mass is 251 g/mol. The van der Waals surface area contributed by atoms with E-state index in [4.69, 9.17) is 0 Å². The lowest BCUT2D eigenvalue weighted by Gasteiger charge is -2.02. The van der Waals surface area contributed by atoms with Crippen LogP contribution in [-0.2, 0) is 12.8 Å². The Morgan fingerprint density at radius 1 is 1.59 bits per heavy atom. The summed E-state index contributed by atoms with van der Waals surface area (Å²) in [7, 11) is 0. The Labute approximate surface area is 103 Å². The number of aromatic nitrogens is 4. The smallest absolute Gasteiger partial charge is 0.264 e. The summed E-state index contributed by atoms with van der Waals surface area (Å²) in [6.45, 7) is 2.50. The molecule has 0 saturated carbocycles. The highest BCUT2D eigenvalue weighted by Gasteiger charge is 2.14. The van der Waals surface area contributed by atoms with Gasteiger partial charge in [-0.05, 0) is 18.0 Å². The van der Waals surface area contributed by atoms with Gasteiger partial charge in [0.1, 0.15) is 10.7 Å². The van der Waals surface area contributed by atoms with E-state index in [9.17, 15) is 4.79 Å². The summed E-state index contributed by atoms with van der Waals surface area (Å²) < 4.78 is 3.78. The predicted molar refractivity (Wildman–Crippen MR) is 63.9 cm³/mol. The Bertz CT molecular complexity index is 479. The first-order valence-electron chi connectivity index (χ1n) is 5.39. The number of aryl methyl sites for hydroxylation is 1. The fraction of sp³-hybridized carbons (Fsp3) is 0.400. The fourth-order valence-corrected chi connectivity index (χ4v) is 2.09. The second kappa shape index (κ2) is 5.53. The number of nitrogens with zero attached hydrogens (tertiary/aromatic N) is 3. The van der Waals surface area contributed by atoms with Crippen molar-refractivity contribution in [2.24, 2.45) is 0 Å². The van der Waals surface area contributed by atoms with Gasteiger partial charge in [0.05, 0.1) is 5.69 Å². The lowest BCUT2D eigenvalue weighted by Crippen LogP contribution is -2.26. The molecule has 0 fully saturated rings. The average Bonchev–Trinajstić information content (AvgIpc) is 2.99. The van der Waals surface area contributed by atoms with E-state index in [0.717, 1.165) is 29.5 Å². The molecule has 7 heteroatoms. The van der Waals surface area contributed by atoms with Gasteiger partial charge < -0.3 is 10.3 Å². The average molecular weight is 251 g/mol. The zero-order chi connectivity index (χ0) is 12.1. The van der Waals surface area contributed by atoms with Gasteiger partial charge in [-0.15, -0.1) is 5.10 Å². The van der Waals surface area contributed by atoms with E-state index in [-0.39, 0.29) is 5.91 Å². The molecule has 2 aromatic heterocycles. The number of rotatable bonds is 5. The van der Waals surface area contributed by atoms with Crippen LogP contribution in [0, 0.1) is 0 Å². The van der Waals surface area contributed by atoms with E-state index < -0.39 is 0 Å². The van der Waals surface area contributed by atoms with Crippen molar-refractivity contribution in [3.05, 3.63) is 28.8 Å². The number of H-pyrrole nitrogens is 1. The molecule has 0 spiro atoms. The number of carbonyl (C=O) groups excluding carboxylic acids is 1. The number of hydrogen-bond acceptors (Lipinski definition) is 5. The first-order valence-corrected chi connectivity index (χ1v) is 6.16. The molecule has 2 N–H and O–H groups in total. The van der Waals surface area contributed by atoms with Crippen LogP contribution in [0.3, 0.4) is 0 Å². The van der Waals surface area contributed by atoms with Crippen molar-refractivity contribution in [1.82, 2.24) is 24.9 Å². The summed E-state index contributed by atoms with van der Waals surface area (Å²) in [5.41, 5.74) is 0.755. The fourth-order valence-electron chi connectivity index (χ4n) is 1.42. The van der Waals surface area contributed by atoms with Crippen LogP contribution in [0.4, 0.5) is 0 Å². The van der Waals surface area contributed by atoms with Crippen molar-refractivity contribution in [2.75, 3.05) is 6.54 Å². The molecule has 2 rings (SSSR count). The van der Waals surface area contributed by atoms with Gasteiger partial charge in [-0.3, -0.25) is 4.79 Å². The molecule has 17 heavy (non-hydrogen) atoms. The first-order chi connectivity index (χ1) is 8.31. The lowest BCUT2D eigenvalue weighted by molar-refractivity contribution is 0.0957. The zero-order valence-electron chi connectivity index (χ0n) is 9.43. The SMILES string of the molecule is CCc1nnsc1C(=O)NCCc1ncc[nH]1. The molecule has 0 unspecified atom stereocenters. The Balaban J connectivity index is 1.85. The van der Waals surface area contributed by atoms with Gasteiger partial charge >= 0.3 is 0 Å². The highest BCUT2D eigenvalue weighted by molar-refractivity contribution is 7.08. The minimum atomic E-state index is -0.108. The zero-order valence-corrected chi connectivity index (χ0v) is 10.3. The van der Waals surface area contributed by atoms with Crippen molar-refractivity contribution in [3.63, 3.8) is 0 Å². The standard InChI is InChI=1S/C10H13N5OS/c1-2-7-9(17-15-14-7)10(16)13-4-3-8-11-5-6-12-8/h5-6H,2-4H2,1H3,(H,11,12)(H,13,16). The Kier molecular flexibility index (Phi) is 3.81. The van der Waals surface area contributed by atoms with Crippen molar-refractivity contribution >= 4 is 17.4 Å². The minimum absolute atomic E-state index is 0.108. The molecular weight excluding hydrogens is 238 g/mol. The Morgan fingerprint density at radius 3 is 3.18 bits per heavy atom. The third kappa shape index (κ3) is 2.88. The van der Waals surface area contributed by atoms with E-state index >= 15 is 0 Å². The van der Waals surface area contributed by atoms with Crippen LogP contribution in [-0.4, -0.2) is 32.0 Å². The van der Waals surface area contributed by atoms with E-state index in [1.54, 1.807) is 12.4 Å². The van der Waals surface area contributed by atoms with Crippen LogP contribution in [0.2, 0.25) is 0 Å². The van der Waals surface area contributed by atoms with E-state index in [1.165, 1.54) is 0 Å². The lowest BCUT2D eigenvalue weighted by atomic mass is 10.3. The molecular formula is C10H13N5OS. The van der Waals surface area contributed by atoms with Gasteiger partial charge in [-0.2, -0.15) is 0 Å². The molecule has 2 aromatic rings. The van der Waals surface area contributed by atoms with Gasteiger partial charge in [-0.1, -0.05) is 11.4 Å². The predicted octanol–water partition coefficient (Wildman–Crippen LogP) is 0.796. The van der Waals surface area contributed by atoms with Gasteiger partial charge in [0, 0.05) is 25.4 Å². The van der Waals surface area contributed by atoms with Crippen LogP contribution >= 0.6 is 11.5 Å². The largest absolute Gasteiger partial charge is 0.351 e. The molecule has 0 aromatic carbocycles. The minimum Gasteiger partial charge on any atom is -0.351 e. The molecule has 0 aliphatic rings. The number of hydrogen-bond donors (Lipinski definition) is 2. The molecule has 2 heterocycles. The number of imidazole rings is 1. The highest BCUT2D eigenvalue weighted by Crippen LogP contribution is 2.10. The number of carbonyl (C=O) groups is 1. The summed E-state index contributed by atoms with van der Waals surface area (Å²) in [4.78, 5) is 19.5. The van der Waals surface area contributed by atoms with Gasteiger partial charge in [0.15, 0.2) is 0 Å². The van der Waals surface area contributed by atoms with Gasteiger partial charge in [0.25, 0.3) is 5.91 Å². The van der Waals surface area contributed by atoms with E-state index in [1.807, 2.05) is 6.92 Å². The second-order valence-corrected chi connectivity index (χ2v) is 4.20. The van der Waals surface area contributed by atoms with Crippen molar-refractivity contribution < 1.29 is 4.79 Å². The highest BCUT2D eigenvalue weighted by atomic mass is 32.1. The Hall–Kier alpha value is -1.76. The molecule has 0 atom stereocenters. The quantitative estimate of drug-likeness (QED) is 0.823. The maximum atomic E-state index is 11.8. The molecule has 0 aliphatic heterocycles. The Morgan fingerprint density at radius 2 is 2.47 bits per heavy atom. The number of amides is 1. The maximum absolute atomic E-state index is 11.8. The molecule has 0 saturated heterocycles. The van der Waals surface area contributed by atoms with E-state index in [0.29, 0.717) is 17.8 Å². The summed E-state index contributed by atoms with van der Waals surface area (Å²) in [5, 5.41) is 6.73. The molecule has 0 aliphatic carbocycles. The summed E-state index contributed by atoms with van der Waals surface area (Å²) in [6.07, 6.45) is 4.86. The van der Waals surface area contributed by atoms with Crippen molar-refractivity contribution in [3.8, 4) is 0 Å². The van der Waals surface area contributed by atoms with Crippen LogP contribution < -0.4 is 5.32 Å². The molecule has 0 radical (unpaired) electrons. The van der Waals surface area contributed by atoms with Crippen LogP contribution in [0.1, 0.15) is 28.1 Å². The third-order valence-corrected chi connectivity index (χ3v) is 3.07. The molecule has 0 bridgehead atoms. The summed E-state index contributed by atoms with van der Waals surface area (Å²) >= 11 is 1.13. The van der Waals surface area contributed by atoms with Crippen molar-refractivity contribution in [1.29, 1.82) is 0 Å². The van der Waals surface area contributed by atoms with Gasteiger partial charge in [0.2, 0.25) is 0 Å². The number of aromatic amines is 1. The summed E-state index contributed by atoms with van der Waals surface area (Å²) in [5.74, 6) is 0.756. The third-order valence-electron chi connectivity index (χ3n) is 2.30. The topological polar surface area (TPSA) is 83.6 Å². The van der Waals surface area contributed by atoms with E-state index in [2.05, 4.69) is 24.9 Å². The first kappa shape index (κ1) is 11.7. The summed E-state index contributed by atoms with van der Waals surface area (Å²) in [6, 6.07) is 0. The normalized spacial score (nSPS) is 10.4. The van der Waals surface area contributed by atoms with Gasteiger partial charge in [-0.25, -0.2) is 4.98 Å². The molecule has 6 nitrogen and oxygen atoms in total.